The second-order valence-electron chi connectivity index (χ2n) is 4.05. The van der Waals surface area contributed by atoms with Gasteiger partial charge in [-0.15, -0.1) is 0 Å². The lowest BCUT2D eigenvalue weighted by molar-refractivity contribution is -0.165. The zero-order valence-corrected chi connectivity index (χ0v) is 9.87. The fourth-order valence-electron chi connectivity index (χ4n) is 1.52. The quantitative estimate of drug-likeness (QED) is 0.660. The van der Waals surface area contributed by atoms with Crippen LogP contribution < -0.4 is 0 Å². The molecule has 0 spiro atoms. The molecule has 0 saturated carbocycles. The van der Waals surface area contributed by atoms with Gasteiger partial charge in [0.1, 0.15) is 0 Å². The molecule has 1 atom stereocenters. The molecular weight excluding hydrogens is 246 g/mol. The Balaban J connectivity index is 3.08. The SMILES string of the molecule is COC(=O)C(C)(Cc1ccc(F)c(F)c1)C(=O)O. The number of halogens is 2. The Hall–Kier alpha value is -1.98. The number of methoxy groups -OCH3 is 1. The predicted octanol–water partition coefficient (Wildman–Crippen LogP) is 1.77. The second-order valence-corrected chi connectivity index (χ2v) is 4.05. The van der Waals surface area contributed by atoms with Crippen molar-refractivity contribution in [3.05, 3.63) is 35.4 Å². The number of esters is 1. The van der Waals surface area contributed by atoms with Crippen LogP contribution in [0, 0.1) is 17.0 Å². The molecule has 0 radical (unpaired) electrons. The maximum absolute atomic E-state index is 13.0. The van der Waals surface area contributed by atoms with Crippen molar-refractivity contribution in [1.29, 1.82) is 0 Å². The van der Waals surface area contributed by atoms with Crippen molar-refractivity contribution in [3.63, 3.8) is 0 Å². The van der Waals surface area contributed by atoms with Crippen molar-refractivity contribution in [2.75, 3.05) is 7.11 Å². The van der Waals surface area contributed by atoms with Crippen molar-refractivity contribution in [1.82, 2.24) is 0 Å². The molecule has 18 heavy (non-hydrogen) atoms. The van der Waals surface area contributed by atoms with E-state index in [0.717, 1.165) is 19.2 Å². The molecule has 0 fully saturated rings. The summed E-state index contributed by atoms with van der Waals surface area (Å²) in [6.07, 6.45) is -0.286. The van der Waals surface area contributed by atoms with E-state index in [1.807, 2.05) is 0 Å². The summed E-state index contributed by atoms with van der Waals surface area (Å²) in [4.78, 5) is 22.6. The van der Waals surface area contributed by atoms with Crippen LogP contribution in [0.25, 0.3) is 0 Å². The average Bonchev–Trinajstić information content (AvgIpc) is 2.32. The lowest BCUT2D eigenvalue weighted by atomic mass is 9.83. The number of aliphatic carboxylic acids is 1. The highest BCUT2D eigenvalue weighted by atomic mass is 19.2. The van der Waals surface area contributed by atoms with Crippen molar-refractivity contribution >= 4 is 11.9 Å². The summed E-state index contributed by atoms with van der Waals surface area (Å²) in [5, 5.41) is 9.05. The zero-order valence-electron chi connectivity index (χ0n) is 9.87. The molecule has 1 unspecified atom stereocenters. The number of carboxylic acids is 1. The van der Waals surface area contributed by atoms with E-state index in [0.29, 0.717) is 0 Å². The largest absolute Gasteiger partial charge is 0.480 e. The molecule has 1 N–H and O–H groups in total. The monoisotopic (exact) mass is 258 g/mol. The van der Waals surface area contributed by atoms with Gasteiger partial charge in [0.05, 0.1) is 7.11 Å². The van der Waals surface area contributed by atoms with Gasteiger partial charge in [-0.25, -0.2) is 8.78 Å². The van der Waals surface area contributed by atoms with Crippen LogP contribution in [-0.4, -0.2) is 24.2 Å². The summed E-state index contributed by atoms with van der Waals surface area (Å²) in [5.41, 5.74) is -1.64. The van der Waals surface area contributed by atoms with Crippen LogP contribution >= 0.6 is 0 Å². The molecule has 0 heterocycles. The number of carbonyl (C=O) groups is 2. The number of hydrogen-bond donors (Lipinski definition) is 1. The van der Waals surface area contributed by atoms with Crippen LogP contribution in [0.15, 0.2) is 18.2 Å². The highest BCUT2D eigenvalue weighted by molar-refractivity contribution is 5.98. The smallest absolute Gasteiger partial charge is 0.323 e. The van der Waals surface area contributed by atoms with Gasteiger partial charge in [-0.1, -0.05) is 6.07 Å². The van der Waals surface area contributed by atoms with E-state index in [1.54, 1.807) is 0 Å². The summed E-state index contributed by atoms with van der Waals surface area (Å²) >= 11 is 0. The van der Waals surface area contributed by atoms with E-state index in [-0.39, 0.29) is 12.0 Å². The normalized spacial score (nSPS) is 13.8. The highest BCUT2D eigenvalue weighted by Crippen LogP contribution is 2.25. The van der Waals surface area contributed by atoms with Gasteiger partial charge in [0, 0.05) is 0 Å². The number of carboxylic acid groups (broad SMARTS) is 1. The highest BCUT2D eigenvalue weighted by Gasteiger charge is 2.42. The zero-order chi connectivity index (χ0) is 13.9. The molecule has 0 aliphatic carbocycles. The molecule has 0 amide bonds. The molecule has 1 aromatic rings. The van der Waals surface area contributed by atoms with Crippen LogP contribution in [0.4, 0.5) is 8.78 Å². The maximum atomic E-state index is 13.0. The van der Waals surface area contributed by atoms with Crippen LogP contribution in [-0.2, 0) is 20.7 Å². The third kappa shape index (κ3) is 2.64. The molecule has 4 nitrogen and oxygen atoms in total. The first-order valence-corrected chi connectivity index (χ1v) is 5.07. The average molecular weight is 258 g/mol. The van der Waals surface area contributed by atoms with E-state index in [9.17, 15) is 18.4 Å². The van der Waals surface area contributed by atoms with E-state index in [4.69, 9.17) is 5.11 Å². The summed E-state index contributed by atoms with van der Waals surface area (Å²) in [7, 11) is 1.06. The van der Waals surface area contributed by atoms with Gasteiger partial charge in [0.15, 0.2) is 17.0 Å². The van der Waals surface area contributed by atoms with Crippen molar-refractivity contribution < 1.29 is 28.2 Å². The topological polar surface area (TPSA) is 63.6 Å². The van der Waals surface area contributed by atoms with E-state index in [1.165, 1.54) is 13.0 Å². The van der Waals surface area contributed by atoms with Crippen molar-refractivity contribution in [3.8, 4) is 0 Å². The minimum atomic E-state index is -1.83. The van der Waals surface area contributed by atoms with Gasteiger partial charge in [-0.05, 0) is 31.0 Å². The Morgan fingerprint density at radius 2 is 1.94 bits per heavy atom. The molecule has 1 rings (SSSR count). The lowest BCUT2D eigenvalue weighted by Crippen LogP contribution is -2.39. The lowest BCUT2D eigenvalue weighted by Gasteiger charge is -2.21. The third-order valence-corrected chi connectivity index (χ3v) is 2.65. The molecule has 6 heteroatoms. The fraction of sp³-hybridized carbons (Fsp3) is 0.333. The van der Waals surface area contributed by atoms with E-state index in [2.05, 4.69) is 4.74 Å². The predicted molar refractivity (Wildman–Crippen MR) is 57.8 cm³/mol. The molecule has 0 bridgehead atoms. The van der Waals surface area contributed by atoms with Gasteiger partial charge in [0.2, 0.25) is 0 Å². The Morgan fingerprint density at radius 1 is 1.33 bits per heavy atom. The minimum Gasteiger partial charge on any atom is -0.480 e. The number of carbonyl (C=O) groups excluding carboxylic acids is 1. The van der Waals surface area contributed by atoms with Gasteiger partial charge < -0.3 is 9.84 Å². The number of rotatable bonds is 4. The van der Waals surface area contributed by atoms with E-state index >= 15 is 0 Å². The fourth-order valence-corrected chi connectivity index (χ4v) is 1.52. The molecule has 1 aromatic carbocycles. The first-order chi connectivity index (χ1) is 8.31. The summed E-state index contributed by atoms with van der Waals surface area (Å²) < 4.78 is 30.1. The Morgan fingerprint density at radius 3 is 2.39 bits per heavy atom. The Bertz CT molecular complexity index is 487. The van der Waals surface area contributed by atoms with Crippen molar-refractivity contribution in [2.24, 2.45) is 5.41 Å². The number of benzene rings is 1. The molecule has 0 aromatic heterocycles. The maximum Gasteiger partial charge on any atom is 0.323 e. The molecule has 0 saturated heterocycles. The first-order valence-electron chi connectivity index (χ1n) is 5.07. The summed E-state index contributed by atoms with van der Waals surface area (Å²) in [6, 6.07) is 2.96. The second kappa shape index (κ2) is 5.12. The van der Waals surface area contributed by atoms with Crippen LogP contribution in [0.1, 0.15) is 12.5 Å². The molecular formula is C12H12F2O4. The van der Waals surface area contributed by atoms with Gasteiger partial charge >= 0.3 is 11.9 Å². The number of ether oxygens (including phenoxy) is 1. The standard InChI is InChI=1S/C12H12F2O4/c1-12(10(15)16,11(17)18-2)6-7-3-4-8(13)9(14)5-7/h3-5H,6H2,1-2H3,(H,15,16). The Labute approximate surface area is 102 Å². The van der Waals surface area contributed by atoms with Crippen LogP contribution in [0.5, 0.6) is 0 Å². The minimum absolute atomic E-state index is 0.198. The van der Waals surface area contributed by atoms with Gasteiger partial charge in [-0.3, -0.25) is 9.59 Å². The van der Waals surface area contributed by atoms with Crippen LogP contribution in [0.3, 0.4) is 0 Å². The molecule has 0 aliphatic heterocycles. The molecule has 98 valence electrons. The van der Waals surface area contributed by atoms with Crippen LogP contribution in [0.2, 0.25) is 0 Å². The summed E-state index contributed by atoms with van der Waals surface area (Å²) in [5.74, 6) is -4.46. The first kappa shape index (κ1) is 14.1. The number of hydrogen-bond acceptors (Lipinski definition) is 3. The van der Waals surface area contributed by atoms with Gasteiger partial charge in [0.25, 0.3) is 0 Å². The van der Waals surface area contributed by atoms with E-state index < -0.39 is 29.0 Å². The van der Waals surface area contributed by atoms with Crippen molar-refractivity contribution in [2.45, 2.75) is 13.3 Å². The third-order valence-electron chi connectivity index (χ3n) is 2.65. The van der Waals surface area contributed by atoms with Gasteiger partial charge in [-0.2, -0.15) is 0 Å². The summed E-state index contributed by atoms with van der Waals surface area (Å²) in [6.45, 7) is 1.17. The molecule has 0 aliphatic rings. The Kier molecular flexibility index (Phi) is 4.00.